The molecule has 1 aliphatic heterocycles. The summed E-state index contributed by atoms with van der Waals surface area (Å²) in [5.41, 5.74) is -0.292. The van der Waals surface area contributed by atoms with Crippen molar-refractivity contribution in [1.82, 2.24) is 9.97 Å². The van der Waals surface area contributed by atoms with E-state index in [0.29, 0.717) is 6.54 Å². The summed E-state index contributed by atoms with van der Waals surface area (Å²) in [7, 11) is 0. The van der Waals surface area contributed by atoms with Crippen molar-refractivity contribution in [2.45, 2.75) is 25.3 Å². The van der Waals surface area contributed by atoms with Crippen LogP contribution in [0.25, 0.3) is 0 Å². The van der Waals surface area contributed by atoms with Crippen LogP contribution in [0.1, 0.15) is 19.3 Å². The Hall–Kier alpha value is -1.47. The topological polar surface area (TPSA) is 92.4 Å². The van der Waals surface area contributed by atoms with Gasteiger partial charge in [0.1, 0.15) is 6.33 Å². The maximum atomic E-state index is 11.0. The van der Waals surface area contributed by atoms with Gasteiger partial charge in [-0.15, -0.1) is 0 Å². The lowest BCUT2D eigenvalue weighted by molar-refractivity contribution is -0.384. The van der Waals surface area contributed by atoms with Crippen molar-refractivity contribution in [3.8, 4) is 0 Å². The summed E-state index contributed by atoms with van der Waals surface area (Å²) in [6.45, 7) is 0.568. The minimum Gasteiger partial charge on any atom is -0.394 e. The molecule has 0 aliphatic carbocycles. The maximum Gasteiger partial charge on any atom is 0.348 e. The molecule has 98 valence electrons. The van der Waals surface area contributed by atoms with Gasteiger partial charge >= 0.3 is 5.69 Å². The Morgan fingerprint density at radius 3 is 3.00 bits per heavy atom. The average Bonchev–Trinajstić information content (AvgIpc) is 2.38. The van der Waals surface area contributed by atoms with E-state index in [4.69, 9.17) is 11.6 Å². The third kappa shape index (κ3) is 2.37. The summed E-state index contributed by atoms with van der Waals surface area (Å²) in [5, 5.41) is 20.2. The van der Waals surface area contributed by atoms with Crippen LogP contribution in [0.2, 0.25) is 5.15 Å². The molecule has 18 heavy (non-hydrogen) atoms. The van der Waals surface area contributed by atoms with Crippen molar-refractivity contribution in [2.75, 3.05) is 18.1 Å². The van der Waals surface area contributed by atoms with Crippen LogP contribution in [-0.2, 0) is 0 Å². The Labute approximate surface area is 109 Å². The summed E-state index contributed by atoms with van der Waals surface area (Å²) in [6, 6.07) is -0.150. The van der Waals surface area contributed by atoms with Gasteiger partial charge < -0.3 is 10.0 Å². The Morgan fingerprint density at radius 2 is 2.33 bits per heavy atom. The molecule has 0 saturated carbocycles. The van der Waals surface area contributed by atoms with Crippen molar-refractivity contribution in [2.24, 2.45) is 0 Å². The molecular formula is C10H13ClN4O3. The first kappa shape index (κ1) is 13.0. The molecule has 2 heterocycles. The first-order valence-corrected chi connectivity index (χ1v) is 6.05. The number of aliphatic hydroxyl groups is 1. The lowest BCUT2D eigenvalue weighted by Gasteiger charge is -2.34. The molecule has 0 aromatic carbocycles. The molecule has 0 spiro atoms. The highest BCUT2D eigenvalue weighted by molar-refractivity contribution is 6.31. The zero-order chi connectivity index (χ0) is 13.1. The zero-order valence-corrected chi connectivity index (χ0v) is 10.4. The maximum absolute atomic E-state index is 11.0. The van der Waals surface area contributed by atoms with E-state index in [1.54, 1.807) is 4.90 Å². The van der Waals surface area contributed by atoms with Crippen LogP contribution in [0.15, 0.2) is 6.33 Å². The fourth-order valence-electron chi connectivity index (χ4n) is 2.19. The SMILES string of the molecule is O=[N+]([O-])c1c(Cl)ncnc1N1CCCC[C@@H]1CO. The van der Waals surface area contributed by atoms with E-state index in [1.807, 2.05) is 0 Å². The second-order valence-corrected chi connectivity index (χ2v) is 4.48. The standard InChI is InChI=1S/C10H13ClN4O3/c11-9-8(15(17)18)10(13-6-12-9)14-4-2-1-3-7(14)5-16/h6-7,16H,1-5H2/t7-/m1/s1. The Bertz CT molecular complexity index is 457. The number of halogens is 1. The zero-order valence-electron chi connectivity index (χ0n) is 9.62. The molecule has 1 aliphatic rings. The molecule has 0 radical (unpaired) electrons. The third-order valence-corrected chi connectivity index (χ3v) is 3.33. The van der Waals surface area contributed by atoms with Gasteiger partial charge in [-0.1, -0.05) is 11.6 Å². The first-order chi connectivity index (χ1) is 8.65. The predicted octanol–water partition coefficient (Wildman–Crippen LogP) is 1.39. The molecule has 2 rings (SSSR count). The normalized spacial score (nSPS) is 19.9. The van der Waals surface area contributed by atoms with Crippen molar-refractivity contribution in [3.63, 3.8) is 0 Å². The highest BCUT2D eigenvalue weighted by atomic mass is 35.5. The Morgan fingerprint density at radius 1 is 1.56 bits per heavy atom. The number of nitrogens with zero attached hydrogens (tertiary/aromatic N) is 4. The predicted molar refractivity (Wildman–Crippen MR) is 65.8 cm³/mol. The summed E-state index contributed by atoms with van der Waals surface area (Å²) in [5.74, 6) is 0.193. The molecule has 1 N–H and O–H groups in total. The third-order valence-electron chi connectivity index (χ3n) is 3.05. The van der Waals surface area contributed by atoms with Crippen LogP contribution < -0.4 is 4.90 Å². The molecule has 8 heteroatoms. The highest BCUT2D eigenvalue weighted by Gasteiger charge is 2.31. The average molecular weight is 273 g/mol. The number of piperidine rings is 1. The molecule has 1 saturated heterocycles. The molecule has 1 aromatic heterocycles. The molecule has 1 fully saturated rings. The van der Waals surface area contributed by atoms with E-state index in [-0.39, 0.29) is 29.3 Å². The van der Waals surface area contributed by atoms with Crippen molar-refractivity contribution in [3.05, 3.63) is 21.6 Å². The van der Waals surface area contributed by atoms with Gasteiger partial charge in [0.05, 0.1) is 17.6 Å². The van der Waals surface area contributed by atoms with Gasteiger partial charge in [-0.05, 0) is 19.3 Å². The lowest BCUT2D eigenvalue weighted by atomic mass is 10.0. The summed E-state index contributed by atoms with van der Waals surface area (Å²) >= 11 is 5.75. The van der Waals surface area contributed by atoms with Crippen LogP contribution in [0.4, 0.5) is 11.5 Å². The van der Waals surface area contributed by atoms with E-state index in [9.17, 15) is 15.2 Å². The Balaban J connectivity index is 2.42. The van der Waals surface area contributed by atoms with Gasteiger partial charge in [0.15, 0.2) is 0 Å². The highest BCUT2D eigenvalue weighted by Crippen LogP contribution is 2.34. The molecule has 7 nitrogen and oxygen atoms in total. The summed E-state index contributed by atoms with van der Waals surface area (Å²) in [4.78, 5) is 19.8. The van der Waals surface area contributed by atoms with Crippen molar-refractivity contribution < 1.29 is 10.0 Å². The van der Waals surface area contributed by atoms with Crippen LogP contribution in [0.5, 0.6) is 0 Å². The van der Waals surface area contributed by atoms with Crippen molar-refractivity contribution in [1.29, 1.82) is 0 Å². The largest absolute Gasteiger partial charge is 0.394 e. The smallest absolute Gasteiger partial charge is 0.348 e. The van der Waals surface area contributed by atoms with Crippen molar-refractivity contribution >= 4 is 23.1 Å². The number of hydrogen-bond donors (Lipinski definition) is 1. The number of aromatic nitrogens is 2. The van der Waals surface area contributed by atoms with Gasteiger partial charge in [0, 0.05) is 6.54 Å². The van der Waals surface area contributed by atoms with E-state index in [1.165, 1.54) is 6.33 Å². The Kier molecular flexibility index (Phi) is 3.93. The monoisotopic (exact) mass is 272 g/mol. The van der Waals surface area contributed by atoms with Gasteiger partial charge in [0.2, 0.25) is 11.0 Å². The quantitative estimate of drug-likeness (QED) is 0.508. The van der Waals surface area contributed by atoms with E-state index in [2.05, 4.69) is 9.97 Å². The van der Waals surface area contributed by atoms with Gasteiger partial charge in [-0.25, -0.2) is 9.97 Å². The number of rotatable bonds is 3. The van der Waals surface area contributed by atoms with Crippen LogP contribution >= 0.6 is 11.6 Å². The van der Waals surface area contributed by atoms with E-state index >= 15 is 0 Å². The van der Waals surface area contributed by atoms with Gasteiger partial charge in [-0.3, -0.25) is 10.1 Å². The number of hydrogen-bond acceptors (Lipinski definition) is 6. The summed E-state index contributed by atoms with van der Waals surface area (Å²) in [6.07, 6.45) is 3.90. The summed E-state index contributed by atoms with van der Waals surface area (Å²) < 4.78 is 0. The first-order valence-electron chi connectivity index (χ1n) is 5.67. The fraction of sp³-hybridized carbons (Fsp3) is 0.600. The number of nitro groups is 1. The second-order valence-electron chi connectivity index (χ2n) is 4.12. The molecule has 1 aromatic rings. The van der Waals surface area contributed by atoms with Crippen LogP contribution in [0, 0.1) is 10.1 Å². The molecule has 1 atom stereocenters. The van der Waals surface area contributed by atoms with Gasteiger partial charge in [0.25, 0.3) is 0 Å². The second kappa shape index (κ2) is 5.45. The molecular weight excluding hydrogens is 260 g/mol. The van der Waals surface area contributed by atoms with Gasteiger partial charge in [-0.2, -0.15) is 0 Å². The van der Waals surface area contributed by atoms with Crippen LogP contribution in [-0.4, -0.2) is 39.2 Å². The molecule has 0 amide bonds. The molecule has 0 unspecified atom stereocenters. The fourth-order valence-corrected chi connectivity index (χ4v) is 2.38. The van der Waals surface area contributed by atoms with E-state index < -0.39 is 4.92 Å². The minimum absolute atomic E-state index is 0.0568. The molecule has 0 bridgehead atoms. The lowest BCUT2D eigenvalue weighted by Crippen LogP contribution is -2.42. The minimum atomic E-state index is -0.583. The van der Waals surface area contributed by atoms with E-state index in [0.717, 1.165) is 19.3 Å². The van der Waals surface area contributed by atoms with Crippen LogP contribution in [0.3, 0.4) is 0 Å². The number of anilines is 1. The number of aliphatic hydroxyl groups excluding tert-OH is 1.